The van der Waals surface area contributed by atoms with E-state index in [1.807, 2.05) is 12.2 Å². The first-order valence-electron chi connectivity index (χ1n) is 5.46. The summed E-state index contributed by atoms with van der Waals surface area (Å²) in [4.78, 5) is 2.89. The predicted molar refractivity (Wildman–Crippen MR) is 78.7 cm³/mol. The summed E-state index contributed by atoms with van der Waals surface area (Å²) in [7, 11) is 0. The van der Waals surface area contributed by atoms with Crippen LogP contribution in [0.2, 0.25) is 0 Å². The summed E-state index contributed by atoms with van der Waals surface area (Å²) < 4.78 is 13.3. The van der Waals surface area contributed by atoms with Crippen LogP contribution in [0.5, 0.6) is 0 Å². The van der Waals surface area contributed by atoms with Gasteiger partial charge < -0.3 is 4.98 Å². The molecule has 1 N–H and O–H groups in total. The maximum Gasteiger partial charge on any atom is 0.140 e. The fourth-order valence-electron chi connectivity index (χ4n) is 1.55. The van der Waals surface area contributed by atoms with E-state index in [0.29, 0.717) is 16.6 Å². The topological polar surface area (TPSA) is 15.8 Å². The predicted octanol–water partition coefficient (Wildman–Crippen LogP) is 3.09. The Morgan fingerprint density at radius 3 is 2.33 bits per heavy atom. The number of halogens is 1. The molecule has 0 aliphatic rings. The first kappa shape index (κ1) is 13.7. The Balaban J connectivity index is 3.54. The Hall–Kier alpha value is -2.35. The van der Waals surface area contributed by atoms with Gasteiger partial charge in [-0.05, 0) is 0 Å². The summed E-state index contributed by atoms with van der Waals surface area (Å²) in [6.45, 7) is 14.4. The van der Waals surface area contributed by atoms with Crippen LogP contribution in [0, 0.1) is 0 Å². The normalized spacial score (nSPS) is 12.4. The van der Waals surface area contributed by atoms with E-state index in [2.05, 4.69) is 31.3 Å². The largest absolute Gasteiger partial charge is 0.353 e. The van der Waals surface area contributed by atoms with Gasteiger partial charge in [-0.2, -0.15) is 0 Å². The molecule has 0 fully saturated rings. The van der Waals surface area contributed by atoms with Gasteiger partial charge >= 0.3 is 0 Å². The quantitative estimate of drug-likeness (QED) is 0.762. The van der Waals surface area contributed by atoms with E-state index in [1.165, 1.54) is 0 Å². The highest BCUT2D eigenvalue weighted by atomic mass is 19.1. The average Bonchev–Trinajstić information content (AvgIpc) is 2.64. The van der Waals surface area contributed by atoms with Crippen LogP contribution < -0.4 is 10.6 Å². The maximum absolute atomic E-state index is 13.3. The summed E-state index contributed by atoms with van der Waals surface area (Å²) in [5, 5.41) is 1.46. The molecule has 0 aromatic carbocycles. The van der Waals surface area contributed by atoms with E-state index in [9.17, 15) is 4.39 Å². The van der Waals surface area contributed by atoms with Gasteiger partial charge in [0.05, 0.1) is 5.69 Å². The molecule has 0 saturated carbocycles. The van der Waals surface area contributed by atoms with E-state index >= 15 is 0 Å². The standard InChI is InChI=1S/C16H16FN/c1-5-7-9-11-14-13(4)18-16(12(3)17)15(14)10-8-6-2/h5-11,18H,1-4H2/b9-7-,10-8-,14-11+. The van der Waals surface area contributed by atoms with Crippen molar-refractivity contribution >= 4 is 24.6 Å². The summed E-state index contributed by atoms with van der Waals surface area (Å²) in [6.07, 6.45) is 12.3. The second-order valence-electron chi connectivity index (χ2n) is 3.59. The van der Waals surface area contributed by atoms with Gasteiger partial charge in [0.15, 0.2) is 0 Å². The summed E-state index contributed by atoms with van der Waals surface area (Å²) >= 11 is 0. The molecule has 1 rings (SSSR count). The molecule has 1 nitrogen and oxygen atoms in total. The van der Waals surface area contributed by atoms with Gasteiger partial charge in [0.1, 0.15) is 5.83 Å². The second kappa shape index (κ2) is 6.40. The lowest BCUT2D eigenvalue weighted by atomic mass is 10.1. The zero-order valence-corrected chi connectivity index (χ0v) is 10.2. The highest BCUT2D eigenvalue weighted by Gasteiger charge is 2.07. The van der Waals surface area contributed by atoms with Crippen LogP contribution in [-0.4, -0.2) is 4.98 Å². The van der Waals surface area contributed by atoms with Crippen LogP contribution in [0.15, 0.2) is 50.1 Å². The Bertz CT molecular complexity index is 627. The van der Waals surface area contributed by atoms with Crippen molar-refractivity contribution < 1.29 is 4.39 Å². The smallest absolute Gasteiger partial charge is 0.140 e. The van der Waals surface area contributed by atoms with Crippen LogP contribution in [0.4, 0.5) is 4.39 Å². The fraction of sp³-hybridized carbons (Fsp3) is 0. The SMILES string of the molecule is C=C/C=C\C=c1\c(/C=C\C=C)c(C(=C)F)[nH]c1=C. The zero-order valence-electron chi connectivity index (χ0n) is 10.2. The highest BCUT2D eigenvalue weighted by molar-refractivity contribution is 5.69. The van der Waals surface area contributed by atoms with Crippen molar-refractivity contribution in [1.29, 1.82) is 0 Å². The number of aromatic amines is 1. The summed E-state index contributed by atoms with van der Waals surface area (Å²) in [5.41, 5.74) is 1.05. The number of hydrogen-bond donors (Lipinski definition) is 1. The molecule has 92 valence electrons. The Morgan fingerprint density at radius 2 is 1.78 bits per heavy atom. The van der Waals surface area contributed by atoms with Crippen LogP contribution in [0.25, 0.3) is 24.6 Å². The minimum atomic E-state index is -0.518. The Kier molecular flexibility index (Phi) is 4.88. The molecule has 0 unspecified atom stereocenters. The molecule has 0 aliphatic carbocycles. The van der Waals surface area contributed by atoms with Crippen LogP contribution >= 0.6 is 0 Å². The minimum absolute atomic E-state index is 0.344. The van der Waals surface area contributed by atoms with Crippen LogP contribution in [0.3, 0.4) is 0 Å². The Morgan fingerprint density at radius 1 is 1.11 bits per heavy atom. The molecule has 1 aromatic heterocycles. The van der Waals surface area contributed by atoms with E-state index in [1.54, 1.807) is 30.4 Å². The molecule has 0 amide bonds. The fourth-order valence-corrected chi connectivity index (χ4v) is 1.55. The van der Waals surface area contributed by atoms with E-state index < -0.39 is 5.83 Å². The molecule has 0 saturated heterocycles. The second-order valence-corrected chi connectivity index (χ2v) is 3.59. The van der Waals surface area contributed by atoms with Crippen molar-refractivity contribution in [2.75, 3.05) is 0 Å². The van der Waals surface area contributed by atoms with Gasteiger partial charge in [-0.1, -0.05) is 68.8 Å². The number of hydrogen-bond acceptors (Lipinski definition) is 0. The third kappa shape index (κ3) is 3.08. The number of rotatable bonds is 5. The third-order valence-corrected chi connectivity index (χ3v) is 2.34. The molecule has 18 heavy (non-hydrogen) atoms. The zero-order chi connectivity index (χ0) is 13.5. The molecular weight excluding hydrogens is 225 g/mol. The van der Waals surface area contributed by atoms with Gasteiger partial charge in [0.2, 0.25) is 0 Å². The minimum Gasteiger partial charge on any atom is -0.353 e. The van der Waals surface area contributed by atoms with E-state index in [0.717, 1.165) is 5.22 Å². The van der Waals surface area contributed by atoms with Crippen molar-refractivity contribution in [3.63, 3.8) is 0 Å². The molecule has 2 heteroatoms. The van der Waals surface area contributed by atoms with Gasteiger partial charge in [-0.25, -0.2) is 4.39 Å². The van der Waals surface area contributed by atoms with Crippen molar-refractivity contribution in [3.05, 3.63) is 71.9 Å². The molecule has 0 spiro atoms. The molecular formula is C16H16FN. The molecule has 0 aliphatic heterocycles. The Labute approximate surface area is 106 Å². The monoisotopic (exact) mass is 241 g/mol. The van der Waals surface area contributed by atoms with Crippen molar-refractivity contribution in [2.24, 2.45) is 0 Å². The molecule has 0 atom stereocenters. The van der Waals surface area contributed by atoms with Crippen molar-refractivity contribution in [3.8, 4) is 0 Å². The summed E-state index contributed by atoms with van der Waals surface area (Å²) in [5.74, 6) is -0.518. The molecule has 1 heterocycles. The lowest BCUT2D eigenvalue weighted by molar-refractivity contribution is 0.756. The molecule has 0 bridgehead atoms. The van der Waals surface area contributed by atoms with Gasteiger partial charge in [-0.3, -0.25) is 0 Å². The van der Waals surface area contributed by atoms with Crippen molar-refractivity contribution in [1.82, 2.24) is 4.98 Å². The summed E-state index contributed by atoms with van der Waals surface area (Å²) in [6, 6.07) is 0. The third-order valence-electron chi connectivity index (χ3n) is 2.34. The van der Waals surface area contributed by atoms with Crippen LogP contribution in [-0.2, 0) is 0 Å². The number of allylic oxidation sites excluding steroid dienone is 5. The number of aromatic nitrogens is 1. The van der Waals surface area contributed by atoms with Gasteiger partial charge in [0.25, 0.3) is 0 Å². The van der Waals surface area contributed by atoms with E-state index in [4.69, 9.17) is 0 Å². The van der Waals surface area contributed by atoms with Gasteiger partial charge in [-0.15, -0.1) is 0 Å². The molecule has 0 radical (unpaired) electrons. The van der Waals surface area contributed by atoms with Crippen LogP contribution in [0.1, 0.15) is 11.3 Å². The van der Waals surface area contributed by atoms with Gasteiger partial charge in [0, 0.05) is 16.1 Å². The highest BCUT2D eigenvalue weighted by Crippen LogP contribution is 2.13. The van der Waals surface area contributed by atoms with Crippen molar-refractivity contribution in [2.45, 2.75) is 0 Å². The average molecular weight is 241 g/mol. The first-order chi connectivity index (χ1) is 8.61. The molecule has 1 aromatic rings. The lowest BCUT2D eigenvalue weighted by Crippen LogP contribution is -2.21. The lowest BCUT2D eigenvalue weighted by Gasteiger charge is -1.94. The van der Waals surface area contributed by atoms with E-state index in [-0.39, 0.29) is 0 Å². The maximum atomic E-state index is 13.3. The number of H-pyrrole nitrogens is 1. The number of nitrogens with one attached hydrogen (secondary N) is 1. The first-order valence-corrected chi connectivity index (χ1v) is 5.46.